The van der Waals surface area contributed by atoms with E-state index in [2.05, 4.69) is 10.3 Å². The van der Waals surface area contributed by atoms with Crippen molar-refractivity contribution in [1.82, 2.24) is 15.1 Å². The van der Waals surface area contributed by atoms with Crippen molar-refractivity contribution in [2.45, 2.75) is 39.3 Å². The van der Waals surface area contributed by atoms with E-state index >= 15 is 0 Å². The van der Waals surface area contributed by atoms with Gasteiger partial charge in [-0.15, -0.1) is 24.0 Å². The molecule has 0 saturated carbocycles. The Balaban J connectivity index is 0.00000676. The molecule has 0 aromatic carbocycles. The average Bonchev–Trinajstić information content (AvgIpc) is 2.56. The summed E-state index contributed by atoms with van der Waals surface area (Å²) in [5.74, 6) is 0.368. The fraction of sp³-hybridized carbons (Fsp3) is 0.882. The molecule has 0 radical (unpaired) electrons. The lowest BCUT2D eigenvalue weighted by Gasteiger charge is -2.34. The third kappa shape index (κ3) is 11.0. The van der Waals surface area contributed by atoms with Gasteiger partial charge < -0.3 is 15.0 Å². The Bertz CT molecular complexity index is 464. The lowest BCUT2D eigenvalue weighted by atomic mass is 9.98. The van der Waals surface area contributed by atoms with Gasteiger partial charge in [-0.3, -0.25) is 14.7 Å². The van der Waals surface area contributed by atoms with Gasteiger partial charge in [0.1, 0.15) is 0 Å². The minimum Gasteiger partial charge on any atom is -0.466 e. The summed E-state index contributed by atoms with van der Waals surface area (Å²) in [6.07, 6.45) is -1.96. The van der Waals surface area contributed by atoms with E-state index in [1.54, 1.807) is 6.92 Å². The van der Waals surface area contributed by atoms with E-state index < -0.39 is 12.7 Å². The quantitative estimate of drug-likeness (QED) is 0.180. The highest BCUT2D eigenvalue weighted by Crippen LogP contribution is 2.18. The molecular weight excluding hydrogens is 476 g/mol. The van der Waals surface area contributed by atoms with Crippen LogP contribution in [-0.2, 0) is 9.53 Å². The van der Waals surface area contributed by atoms with E-state index in [0.29, 0.717) is 45.2 Å². The first-order valence-electron chi connectivity index (χ1n) is 9.22. The normalized spacial score (nSPS) is 18.3. The second kappa shape index (κ2) is 13.4. The SMILES string of the molecule is CCNC(=NCCCN(C)CC(F)(F)F)N1CCCC(C(=O)OCC)C1.I. The molecule has 10 heteroatoms. The number of likely N-dealkylation sites (tertiary alicyclic amines) is 1. The van der Waals surface area contributed by atoms with E-state index in [9.17, 15) is 18.0 Å². The van der Waals surface area contributed by atoms with E-state index in [0.717, 1.165) is 19.4 Å². The highest BCUT2D eigenvalue weighted by atomic mass is 127. The number of guanidine groups is 1. The summed E-state index contributed by atoms with van der Waals surface area (Å²) in [6.45, 7) is 6.01. The lowest BCUT2D eigenvalue weighted by molar-refractivity contribution is -0.149. The van der Waals surface area contributed by atoms with Crippen molar-refractivity contribution in [1.29, 1.82) is 0 Å². The molecule has 1 fully saturated rings. The predicted octanol–water partition coefficient (Wildman–Crippen LogP) is 2.73. The summed E-state index contributed by atoms with van der Waals surface area (Å²) in [6, 6.07) is 0. The molecule has 1 unspecified atom stereocenters. The molecule has 0 aromatic heterocycles. The van der Waals surface area contributed by atoms with Gasteiger partial charge in [-0.05, 0) is 46.7 Å². The minimum atomic E-state index is -4.18. The molecule has 0 bridgehead atoms. The first kappa shape index (κ1) is 26.2. The van der Waals surface area contributed by atoms with Gasteiger partial charge in [0.15, 0.2) is 5.96 Å². The monoisotopic (exact) mass is 508 g/mol. The van der Waals surface area contributed by atoms with Gasteiger partial charge in [0.2, 0.25) is 0 Å². The van der Waals surface area contributed by atoms with Crippen molar-refractivity contribution in [3.63, 3.8) is 0 Å². The Labute approximate surface area is 176 Å². The van der Waals surface area contributed by atoms with Gasteiger partial charge in [0, 0.05) is 26.2 Å². The molecule has 1 rings (SSSR count). The number of aliphatic imine (C=N–C) groups is 1. The molecule has 0 aromatic rings. The molecule has 0 spiro atoms. The summed E-state index contributed by atoms with van der Waals surface area (Å²) >= 11 is 0. The summed E-state index contributed by atoms with van der Waals surface area (Å²) in [4.78, 5) is 19.8. The smallest absolute Gasteiger partial charge is 0.401 e. The Kier molecular flexibility index (Phi) is 13.0. The van der Waals surface area contributed by atoms with Crippen LogP contribution >= 0.6 is 24.0 Å². The molecule has 1 aliphatic rings. The van der Waals surface area contributed by atoms with Crippen molar-refractivity contribution < 1.29 is 22.7 Å². The Morgan fingerprint density at radius 3 is 2.67 bits per heavy atom. The van der Waals surface area contributed by atoms with Crippen LogP contribution in [0.25, 0.3) is 0 Å². The fourth-order valence-corrected chi connectivity index (χ4v) is 2.96. The number of alkyl halides is 3. The van der Waals surface area contributed by atoms with Crippen LogP contribution < -0.4 is 5.32 Å². The Hall–Kier alpha value is -0.780. The van der Waals surface area contributed by atoms with Gasteiger partial charge in [-0.2, -0.15) is 13.2 Å². The summed E-state index contributed by atoms with van der Waals surface area (Å²) < 4.78 is 42.1. The van der Waals surface area contributed by atoms with E-state index in [4.69, 9.17) is 4.74 Å². The molecule has 1 atom stereocenters. The molecule has 6 nitrogen and oxygen atoms in total. The number of nitrogens with one attached hydrogen (secondary N) is 1. The zero-order valence-corrected chi connectivity index (χ0v) is 18.7. The molecule has 0 amide bonds. The highest BCUT2D eigenvalue weighted by Gasteiger charge is 2.29. The zero-order chi connectivity index (χ0) is 19.6. The first-order valence-corrected chi connectivity index (χ1v) is 9.22. The summed E-state index contributed by atoms with van der Waals surface area (Å²) in [5.41, 5.74) is 0. The summed E-state index contributed by atoms with van der Waals surface area (Å²) in [7, 11) is 1.46. The van der Waals surface area contributed by atoms with Crippen LogP contribution in [0.4, 0.5) is 13.2 Å². The molecule has 1 saturated heterocycles. The number of hydrogen-bond acceptors (Lipinski definition) is 4. The number of hydrogen-bond donors (Lipinski definition) is 1. The van der Waals surface area contributed by atoms with Gasteiger partial charge >= 0.3 is 12.1 Å². The van der Waals surface area contributed by atoms with Crippen molar-refractivity contribution in [3.8, 4) is 0 Å². The third-order valence-corrected chi connectivity index (χ3v) is 4.08. The Morgan fingerprint density at radius 2 is 2.07 bits per heavy atom. The number of piperidine rings is 1. The van der Waals surface area contributed by atoms with Crippen LogP contribution in [0.3, 0.4) is 0 Å². The van der Waals surface area contributed by atoms with Crippen molar-refractivity contribution in [3.05, 3.63) is 0 Å². The molecule has 0 aliphatic carbocycles. The number of halogens is 4. The van der Waals surface area contributed by atoms with Crippen LogP contribution in [0.15, 0.2) is 4.99 Å². The van der Waals surface area contributed by atoms with Crippen LogP contribution in [-0.4, -0.2) is 80.8 Å². The standard InChI is InChI=1S/C17H31F3N4O2.HI/c1-4-21-16(22-9-7-10-23(3)13-17(18,19)20)24-11-6-8-14(12-24)15(25)26-5-2;/h14H,4-13H2,1-3H3,(H,21,22);1H. The second-order valence-corrected chi connectivity index (χ2v) is 6.48. The molecule has 1 heterocycles. The fourth-order valence-electron chi connectivity index (χ4n) is 2.96. The molecular formula is C17H32F3IN4O2. The van der Waals surface area contributed by atoms with E-state index in [1.165, 1.54) is 11.9 Å². The largest absolute Gasteiger partial charge is 0.466 e. The zero-order valence-electron chi connectivity index (χ0n) is 16.3. The number of carbonyl (C=O) groups is 1. The average molecular weight is 508 g/mol. The topological polar surface area (TPSA) is 57.2 Å². The van der Waals surface area contributed by atoms with Gasteiger partial charge in [0.25, 0.3) is 0 Å². The maximum absolute atomic E-state index is 12.3. The van der Waals surface area contributed by atoms with Crippen molar-refractivity contribution in [2.75, 3.05) is 52.9 Å². The third-order valence-electron chi connectivity index (χ3n) is 4.08. The number of esters is 1. The van der Waals surface area contributed by atoms with Crippen molar-refractivity contribution in [2.24, 2.45) is 10.9 Å². The van der Waals surface area contributed by atoms with Gasteiger partial charge in [0.05, 0.1) is 19.1 Å². The van der Waals surface area contributed by atoms with Crippen LogP contribution in [0.1, 0.15) is 33.1 Å². The van der Waals surface area contributed by atoms with E-state index in [1.807, 2.05) is 11.8 Å². The molecule has 27 heavy (non-hydrogen) atoms. The second-order valence-electron chi connectivity index (χ2n) is 6.48. The number of ether oxygens (including phenoxy) is 1. The number of rotatable bonds is 8. The summed E-state index contributed by atoms with van der Waals surface area (Å²) in [5, 5.41) is 3.20. The predicted molar refractivity (Wildman–Crippen MR) is 110 cm³/mol. The minimum absolute atomic E-state index is 0. The van der Waals surface area contributed by atoms with Gasteiger partial charge in [-0.1, -0.05) is 0 Å². The maximum atomic E-state index is 12.3. The molecule has 1 aliphatic heterocycles. The molecule has 1 N–H and O–H groups in total. The van der Waals surface area contributed by atoms with Crippen molar-refractivity contribution >= 4 is 35.9 Å². The lowest BCUT2D eigenvalue weighted by Crippen LogP contribution is -2.48. The van der Waals surface area contributed by atoms with E-state index in [-0.39, 0.29) is 35.9 Å². The van der Waals surface area contributed by atoms with Crippen LogP contribution in [0.5, 0.6) is 0 Å². The number of nitrogens with zero attached hydrogens (tertiary/aromatic N) is 3. The van der Waals surface area contributed by atoms with Crippen LogP contribution in [0.2, 0.25) is 0 Å². The highest BCUT2D eigenvalue weighted by molar-refractivity contribution is 14.0. The first-order chi connectivity index (χ1) is 12.3. The Morgan fingerprint density at radius 1 is 1.37 bits per heavy atom. The molecule has 160 valence electrons. The maximum Gasteiger partial charge on any atom is 0.401 e. The number of carbonyl (C=O) groups excluding carboxylic acids is 1. The van der Waals surface area contributed by atoms with Gasteiger partial charge in [-0.25, -0.2) is 0 Å². The van der Waals surface area contributed by atoms with Crippen LogP contribution in [0, 0.1) is 5.92 Å².